The summed E-state index contributed by atoms with van der Waals surface area (Å²) in [7, 11) is 3.83. The van der Waals surface area contributed by atoms with Gasteiger partial charge >= 0.3 is 6.03 Å². The minimum absolute atomic E-state index is 0.0467. The van der Waals surface area contributed by atoms with Crippen molar-refractivity contribution < 1.29 is 18.4 Å². The molecule has 0 aliphatic carbocycles. The van der Waals surface area contributed by atoms with Crippen LogP contribution in [0.1, 0.15) is 21.5 Å². The second kappa shape index (κ2) is 9.63. The summed E-state index contributed by atoms with van der Waals surface area (Å²) in [5.41, 5.74) is 7.51. The zero-order valence-corrected chi connectivity index (χ0v) is 19.5. The van der Waals surface area contributed by atoms with E-state index in [9.17, 15) is 18.4 Å². The number of aryl methyl sites for hydroxylation is 1. The zero-order valence-electron chi connectivity index (χ0n) is 19.5. The van der Waals surface area contributed by atoms with E-state index in [-0.39, 0.29) is 18.3 Å². The largest absolute Gasteiger partial charge is 0.366 e. The van der Waals surface area contributed by atoms with Crippen LogP contribution in [-0.4, -0.2) is 54.0 Å². The number of likely N-dealkylation sites (N-methyl/N-ethyl adjacent to an activating group) is 1. The number of hydrogen-bond donors (Lipinski definition) is 3. The van der Waals surface area contributed by atoms with Gasteiger partial charge in [0, 0.05) is 29.8 Å². The maximum Gasteiger partial charge on any atom is 0.328 e. The molecule has 4 rings (SSSR count). The van der Waals surface area contributed by atoms with Crippen molar-refractivity contribution in [2.45, 2.75) is 13.5 Å². The average molecular weight is 482 g/mol. The number of carbonyl (C=O) groups is 2. The van der Waals surface area contributed by atoms with Crippen LogP contribution < -0.4 is 21.3 Å². The van der Waals surface area contributed by atoms with Crippen molar-refractivity contribution in [3.8, 4) is 11.3 Å². The summed E-state index contributed by atoms with van der Waals surface area (Å²) in [6.07, 6.45) is 0. The highest BCUT2D eigenvalue weighted by atomic mass is 19.1. The normalized spacial score (nSPS) is 13.0. The minimum atomic E-state index is -0.905. The Morgan fingerprint density at radius 1 is 1.20 bits per heavy atom. The molecule has 11 heteroatoms. The van der Waals surface area contributed by atoms with Crippen LogP contribution in [0.4, 0.5) is 31.0 Å². The number of nitrogens with zero attached hydrogens (tertiary/aromatic N) is 4. The molecular formula is C24H25F2N7O2. The molecule has 2 heterocycles. The molecule has 0 atom stereocenters. The maximum atomic E-state index is 14.7. The van der Waals surface area contributed by atoms with Crippen molar-refractivity contribution in [1.82, 2.24) is 20.2 Å². The lowest BCUT2D eigenvalue weighted by Gasteiger charge is -2.31. The van der Waals surface area contributed by atoms with Crippen LogP contribution in [0.5, 0.6) is 0 Å². The van der Waals surface area contributed by atoms with Gasteiger partial charge in [-0.05, 0) is 50.8 Å². The molecule has 2 aromatic carbocycles. The van der Waals surface area contributed by atoms with Crippen molar-refractivity contribution in [3.63, 3.8) is 0 Å². The minimum Gasteiger partial charge on any atom is -0.366 e. The van der Waals surface area contributed by atoms with Crippen LogP contribution in [0.15, 0.2) is 36.4 Å². The van der Waals surface area contributed by atoms with E-state index in [1.165, 1.54) is 6.07 Å². The van der Waals surface area contributed by atoms with Crippen LogP contribution in [0.3, 0.4) is 0 Å². The van der Waals surface area contributed by atoms with E-state index < -0.39 is 29.3 Å². The van der Waals surface area contributed by atoms with Crippen LogP contribution in [0.2, 0.25) is 0 Å². The standard InChI is InChI=1S/C24H25F2N7O2/c1-13-11-14(21(27)34)7-8-15(13)19-16-12-29-24(35)33(20-17(25)5-4-6-18(20)26)22(16)31-23(30-19)28-9-10-32(2)3/h4-8,11H,9-10,12H2,1-3H3,(H2,27,34)(H,29,35)(H,28,30,31). The van der Waals surface area contributed by atoms with Gasteiger partial charge in [0.2, 0.25) is 11.9 Å². The molecule has 0 spiro atoms. The van der Waals surface area contributed by atoms with Gasteiger partial charge in [-0.2, -0.15) is 4.98 Å². The van der Waals surface area contributed by atoms with Crippen molar-refractivity contribution in [1.29, 1.82) is 0 Å². The smallest absolute Gasteiger partial charge is 0.328 e. The molecule has 9 nitrogen and oxygen atoms in total. The number of para-hydroxylation sites is 1. The predicted octanol–water partition coefficient (Wildman–Crippen LogP) is 3.16. The first kappa shape index (κ1) is 24.0. The van der Waals surface area contributed by atoms with Gasteiger partial charge in [0.25, 0.3) is 0 Å². The number of nitrogens with two attached hydrogens (primary N) is 1. The summed E-state index contributed by atoms with van der Waals surface area (Å²) in [6, 6.07) is 7.57. The number of urea groups is 1. The highest BCUT2D eigenvalue weighted by Gasteiger charge is 2.34. The molecular weight excluding hydrogens is 456 g/mol. The third kappa shape index (κ3) is 4.76. The number of rotatable bonds is 7. The van der Waals surface area contributed by atoms with Crippen LogP contribution in [-0.2, 0) is 6.54 Å². The van der Waals surface area contributed by atoms with E-state index in [0.717, 1.165) is 17.0 Å². The Morgan fingerprint density at radius 2 is 1.91 bits per heavy atom. The number of amides is 3. The first-order valence-corrected chi connectivity index (χ1v) is 10.9. The third-order valence-electron chi connectivity index (χ3n) is 5.59. The van der Waals surface area contributed by atoms with Crippen molar-refractivity contribution in [2.75, 3.05) is 37.4 Å². The summed E-state index contributed by atoms with van der Waals surface area (Å²) in [4.78, 5) is 36.5. The number of nitrogens with one attached hydrogen (secondary N) is 2. The fourth-order valence-electron chi connectivity index (χ4n) is 3.84. The second-order valence-electron chi connectivity index (χ2n) is 8.39. The lowest BCUT2D eigenvalue weighted by atomic mass is 9.98. The van der Waals surface area contributed by atoms with E-state index in [4.69, 9.17) is 5.73 Å². The number of fused-ring (bicyclic) bond motifs is 1. The SMILES string of the molecule is Cc1cc(C(N)=O)ccc1-c1nc(NCCN(C)C)nc2c1CNC(=O)N2c1c(F)cccc1F. The Balaban J connectivity index is 1.92. The van der Waals surface area contributed by atoms with Gasteiger partial charge in [-0.15, -0.1) is 0 Å². The topological polar surface area (TPSA) is 116 Å². The molecule has 0 fully saturated rings. The van der Waals surface area contributed by atoms with Crippen LogP contribution >= 0.6 is 0 Å². The van der Waals surface area contributed by atoms with Crippen LogP contribution in [0, 0.1) is 18.6 Å². The number of halogens is 2. The first-order chi connectivity index (χ1) is 16.7. The molecule has 35 heavy (non-hydrogen) atoms. The fourth-order valence-corrected chi connectivity index (χ4v) is 3.84. The summed E-state index contributed by atoms with van der Waals surface area (Å²) in [5, 5.41) is 5.77. The quantitative estimate of drug-likeness (QED) is 0.477. The molecule has 1 aromatic heterocycles. The second-order valence-corrected chi connectivity index (χ2v) is 8.39. The van der Waals surface area contributed by atoms with Crippen LogP contribution in [0.25, 0.3) is 11.3 Å². The Hall–Kier alpha value is -4.12. The van der Waals surface area contributed by atoms with Gasteiger partial charge in [-0.25, -0.2) is 23.5 Å². The molecule has 1 aliphatic rings. The van der Waals surface area contributed by atoms with E-state index in [0.29, 0.717) is 41.0 Å². The zero-order chi connectivity index (χ0) is 25.3. The van der Waals surface area contributed by atoms with Gasteiger partial charge in [0.05, 0.1) is 12.2 Å². The Morgan fingerprint density at radius 3 is 2.54 bits per heavy atom. The van der Waals surface area contributed by atoms with E-state index >= 15 is 0 Å². The van der Waals surface area contributed by atoms with Gasteiger partial charge in [0.1, 0.15) is 17.3 Å². The molecule has 3 amide bonds. The number of primary amides is 1. The summed E-state index contributed by atoms with van der Waals surface area (Å²) >= 11 is 0. The summed E-state index contributed by atoms with van der Waals surface area (Å²) in [5.74, 6) is -2.12. The van der Waals surface area contributed by atoms with Gasteiger partial charge < -0.3 is 21.3 Å². The average Bonchev–Trinajstić information content (AvgIpc) is 2.79. The molecule has 1 aliphatic heterocycles. The molecule has 182 valence electrons. The molecule has 3 aromatic rings. The highest BCUT2D eigenvalue weighted by Crippen LogP contribution is 2.39. The van der Waals surface area contributed by atoms with Gasteiger partial charge in [-0.3, -0.25) is 4.79 Å². The lowest BCUT2D eigenvalue weighted by molar-refractivity contribution is 0.1000. The van der Waals surface area contributed by atoms with Crippen molar-refractivity contribution in [3.05, 3.63) is 64.7 Å². The monoisotopic (exact) mass is 481 g/mol. The lowest BCUT2D eigenvalue weighted by Crippen LogP contribution is -2.43. The van der Waals surface area contributed by atoms with E-state index in [1.54, 1.807) is 25.1 Å². The first-order valence-electron chi connectivity index (χ1n) is 10.9. The Kier molecular flexibility index (Phi) is 6.61. The number of hydrogen-bond acceptors (Lipinski definition) is 6. The maximum absolute atomic E-state index is 14.7. The number of benzene rings is 2. The molecule has 0 bridgehead atoms. The molecule has 0 unspecified atom stereocenters. The fraction of sp³-hybridized carbons (Fsp3) is 0.250. The Bertz CT molecular complexity index is 1290. The number of aromatic nitrogens is 2. The summed E-state index contributed by atoms with van der Waals surface area (Å²) in [6.45, 7) is 3.01. The van der Waals surface area contributed by atoms with Gasteiger partial charge in [-0.1, -0.05) is 12.1 Å². The van der Waals surface area contributed by atoms with Crippen molar-refractivity contribution >= 4 is 29.4 Å². The highest BCUT2D eigenvalue weighted by molar-refractivity contribution is 6.02. The van der Waals surface area contributed by atoms with E-state index in [2.05, 4.69) is 20.6 Å². The molecule has 4 N–H and O–H groups in total. The summed E-state index contributed by atoms with van der Waals surface area (Å²) < 4.78 is 29.5. The predicted molar refractivity (Wildman–Crippen MR) is 128 cm³/mol. The molecule has 0 saturated carbocycles. The molecule has 0 saturated heterocycles. The number of anilines is 3. The third-order valence-corrected chi connectivity index (χ3v) is 5.59. The number of carbonyl (C=O) groups excluding carboxylic acids is 2. The van der Waals surface area contributed by atoms with Gasteiger partial charge in [0.15, 0.2) is 5.82 Å². The Labute approximate surface area is 201 Å². The molecule has 0 radical (unpaired) electrons. The van der Waals surface area contributed by atoms with E-state index in [1.807, 2.05) is 19.0 Å². The van der Waals surface area contributed by atoms with Crippen molar-refractivity contribution in [2.24, 2.45) is 5.73 Å².